The fourth-order valence-corrected chi connectivity index (χ4v) is 2.97. The van der Waals surface area contributed by atoms with Gasteiger partial charge in [-0.05, 0) is 48.9 Å². The van der Waals surface area contributed by atoms with Crippen LogP contribution in [0.5, 0.6) is 0 Å². The highest BCUT2D eigenvalue weighted by atomic mass is 16.5. The van der Waals surface area contributed by atoms with Crippen LogP contribution < -0.4 is 5.32 Å². The van der Waals surface area contributed by atoms with Gasteiger partial charge in [-0.3, -0.25) is 5.32 Å². The van der Waals surface area contributed by atoms with Crippen LogP contribution in [0.3, 0.4) is 0 Å². The minimum atomic E-state index is -0.778. The molecule has 1 atom stereocenters. The number of hydrogen-bond donors (Lipinski definition) is 1. The van der Waals surface area contributed by atoms with Crippen molar-refractivity contribution in [2.45, 2.75) is 31.2 Å². The molecule has 112 valence electrons. The summed E-state index contributed by atoms with van der Waals surface area (Å²) in [6, 6.07) is 8.00. The van der Waals surface area contributed by atoms with E-state index in [-0.39, 0.29) is 5.97 Å². The van der Waals surface area contributed by atoms with E-state index in [2.05, 4.69) is 21.4 Å². The van der Waals surface area contributed by atoms with Crippen LogP contribution in [0.4, 0.5) is 0 Å². The first-order valence-corrected chi connectivity index (χ1v) is 7.17. The summed E-state index contributed by atoms with van der Waals surface area (Å²) >= 11 is 0. The van der Waals surface area contributed by atoms with E-state index in [9.17, 15) is 4.79 Å². The van der Waals surface area contributed by atoms with Crippen LogP contribution in [0, 0.1) is 0 Å². The molecule has 0 bridgehead atoms. The maximum Gasteiger partial charge on any atom is 0.330 e. The van der Waals surface area contributed by atoms with Crippen LogP contribution >= 0.6 is 0 Å². The van der Waals surface area contributed by atoms with Gasteiger partial charge in [-0.2, -0.15) is 0 Å². The number of esters is 1. The number of aryl methyl sites for hydroxylation is 1. The fraction of sp³-hybridized carbons (Fsp3) is 0.533. The normalized spacial score (nSPS) is 20.2. The molecule has 1 aliphatic carbocycles. The number of carbonyl (C=O) groups excluding carboxylic acids is 1. The quantitative estimate of drug-likeness (QED) is 0.287. The minimum Gasteiger partial charge on any atom is -0.467 e. The van der Waals surface area contributed by atoms with Crippen LogP contribution in [0.1, 0.15) is 30.4 Å². The number of benzene rings is 1. The first-order chi connectivity index (χ1) is 10.2. The number of nitrogens with one attached hydrogen (secondary N) is 1. The summed E-state index contributed by atoms with van der Waals surface area (Å²) in [5.74, 6) is -0.251. The Morgan fingerprint density at radius 2 is 2.33 bits per heavy atom. The minimum absolute atomic E-state index is 0.251. The summed E-state index contributed by atoms with van der Waals surface area (Å²) in [6.45, 7) is 1.02. The molecule has 0 spiro atoms. The highest BCUT2D eigenvalue weighted by Gasteiger charge is 2.43. The Morgan fingerprint density at radius 3 is 3.10 bits per heavy atom. The van der Waals surface area contributed by atoms with E-state index in [0.717, 1.165) is 24.8 Å². The first-order valence-electron chi connectivity index (χ1n) is 7.17. The number of rotatable bonds is 6. The van der Waals surface area contributed by atoms with E-state index < -0.39 is 5.54 Å². The van der Waals surface area contributed by atoms with Crippen molar-refractivity contribution in [2.75, 3.05) is 20.2 Å². The lowest BCUT2D eigenvalue weighted by Gasteiger charge is -2.37. The molecule has 6 heteroatoms. The SMILES string of the molecule is COC(=O)C1(NCCCN=[N+]=[N-])CCCc2ccccc21. The molecule has 1 aromatic carbocycles. The second kappa shape index (κ2) is 7.11. The van der Waals surface area contributed by atoms with Crippen LogP contribution in [0.2, 0.25) is 0 Å². The van der Waals surface area contributed by atoms with Gasteiger partial charge in [0.2, 0.25) is 0 Å². The van der Waals surface area contributed by atoms with Gasteiger partial charge >= 0.3 is 5.97 Å². The number of methoxy groups -OCH3 is 1. The number of carbonyl (C=O) groups is 1. The maximum atomic E-state index is 12.4. The summed E-state index contributed by atoms with van der Waals surface area (Å²) in [5.41, 5.74) is 9.71. The number of fused-ring (bicyclic) bond motifs is 1. The number of hydrogen-bond acceptors (Lipinski definition) is 4. The Bertz CT molecular complexity index is 554. The zero-order chi connectivity index (χ0) is 15.1. The molecule has 21 heavy (non-hydrogen) atoms. The van der Waals surface area contributed by atoms with Gasteiger partial charge in [-0.25, -0.2) is 4.79 Å². The Morgan fingerprint density at radius 1 is 1.52 bits per heavy atom. The van der Waals surface area contributed by atoms with Crippen LogP contribution in [0.15, 0.2) is 29.4 Å². The molecule has 1 N–H and O–H groups in total. The van der Waals surface area contributed by atoms with Crippen molar-refractivity contribution in [3.8, 4) is 0 Å². The van der Waals surface area contributed by atoms with Gasteiger partial charge in [-0.1, -0.05) is 29.4 Å². The summed E-state index contributed by atoms with van der Waals surface area (Å²) in [4.78, 5) is 15.1. The maximum absolute atomic E-state index is 12.4. The van der Waals surface area contributed by atoms with Crippen LogP contribution in [-0.2, 0) is 21.5 Å². The van der Waals surface area contributed by atoms with Gasteiger partial charge in [0.15, 0.2) is 0 Å². The second-order valence-corrected chi connectivity index (χ2v) is 5.14. The predicted molar refractivity (Wildman–Crippen MR) is 79.7 cm³/mol. The standard InChI is InChI=1S/C15H20N4O2/c1-21-14(20)15(17-10-5-11-18-19-16)9-4-7-12-6-2-3-8-13(12)15/h2-3,6,8,17H,4-5,7,9-11H2,1H3. The topological polar surface area (TPSA) is 87.1 Å². The molecule has 0 aromatic heterocycles. The lowest BCUT2D eigenvalue weighted by atomic mass is 9.76. The summed E-state index contributed by atoms with van der Waals surface area (Å²) in [7, 11) is 1.42. The number of nitrogens with zero attached hydrogens (tertiary/aromatic N) is 3. The van der Waals surface area contributed by atoms with Gasteiger partial charge in [0, 0.05) is 11.5 Å². The summed E-state index contributed by atoms with van der Waals surface area (Å²) in [6.07, 6.45) is 3.33. The molecule has 0 aliphatic heterocycles. The second-order valence-electron chi connectivity index (χ2n) is 5.14. The molecule has 6 nitrogen and oxygen atoms in total. The molecule has 1 unspecified atom stereocenters. The molecular weight excluding hydrogens is 268 g/mol. The molecule has 1 aliphatic rings. The van der Waals surface area contributed by atoms with Crippen molar-refractivity contribution in [3.63, 3.8) is 0 Å². The van der Waals surface area contributed by atoms with Crippen molar-refractivity contribution in [1.82, 2.24) is 5.32 Å². The highest BCUT2D eigenvalue weighted by Crippen LogP contribution is 2.36. The summed E-state index contributed by atoms with van der Waals surface area (Å²) in [5, 5.41) is 6.85. The van der Waals surface area contributed by atoms with Crippen LogP contribution in [0.25, 0.3) is 10.4 Å². The molecule has 0 fully saturated rings. The van der Waals surface area contributed by atoms with Gasteiger partial charge < -0.3 is 4.74 Å². The highest BCUT2D eigenvalue weighted by molar-refractivity contribution is 5.83. The Kier molecular flexibility index (Phi) is 5.20. The average molecular weight is 288 g/mol. The smallest absolute Gasteiger partial charge is 0.330 e. The van der Waals surface area contributed by atoms with Gasteiger partial charge in [0.05, 0.1) is 7.11 Å². The van der Waals surface area contributed by atoms with E-state index in [4.69, 9.17) is 10.3 Å². The third-order valence-electron chi connectivity index (χ3n) is 3.93. The molecule has 2 rings (SSSR count). The van der Waals surface area contributed by atoms with E-state index in [0.29, 0.717) is 19.5 Å². The lowest BCUT2D eigenvalue weighted by Crippen LogP contribution is -2.52. The molecule has 0 radical (unpaired) electrons. The van der Waals surface area contributed by atoms with Crippen molar-refractivity contribution in [1.29, 1.82) is 0 Å². The van der Waals surface area contributed by atoms with Crippen molar-refractivity contribution < 1.29 is 9.53 Å². The number of azide groups is 1. The molecule has 0 amide bonds. The third kappa shape index (κ3) is 3.17. The molecule has 0 heterocycles. The van der Waals surface area contributed by atoms with E-state index in [1.165, 1.54) is 12.7 Å². The Hall–Kier alpha value is -2.04. The van der Waals surface area contributed by atoms with Gasteiger partial charge in [0.1, 0.15) is 5.54 Å². The summed E-state index contributed by atoms with van der Waals surface area (Å²) < 4.78 is 5.04. The zero-order valence-electron chi connectivity index (χ0n) is 12.2. The average Bonchev–Trinajstić information content (AvgIpc) is 2.54. The van der Waals surface area contributed by atoms with E-state index >= 15 is 0 Å². The largest absolute Gasteiger partial charge is 0.467 e. The van der Waals surface area contributed by atoms with Gasteiger partial charge in [0.25, 0.3) is 0 Å². The Balaban J connectivity index is 2.22. The van der Waals surface area contributed by atoms with Crippen molar-refractivity contribution in [3.05, 3.63) is 45.8 Å². The molecule has 0 saturated carbocycles. The Labute approximate surface area is 124 Å². The third-order valence-corrected chi connectivity index (χ3v) is 3.93. The number of ether oxygens (including phenoxy) is 1. The monoisotopic (exact) mass is 288 g/mol. The molecular formula is C15H20N4O2. The van der Waals surface area contributed by atoms with Crippen molar-refractivity contribution in [2.24, 2.45) is 5.11 Å². The fourth-order valence-electron chi connectivity index (χ4n) is 2.97. The van der Waals surface area contributed by atoms with Gasteiger partial charge in [-0.15, -0.1) is 0 Å². The first kappa shape index (κ1) is 15.4. The lowest BCUT2D eigenvalue weighted by molar-refractivity contribution is -0.150. The van der Waals surface area contributed by atoms with Crippen molar-refractivity contribution >= 4 is 5.97 Å². The van der Waals surface area contributed by atoms with E-state index in [1.807, 2.05) is 18.2 Å². The van der Waals surface area contributed by atoms with Crippen LogP contribution in [-0.4, -0.2) is 26.2 Å². The van der Waals surface area contributed by atoms with E-state index in [1.54, 1.807) is 0 Å². The molecule has 0 saturated heterocycles. The molecule has 1 aromatic rings. The zero-order valence-corrected chi connectivity index (χ0v) is 12.2. The predicted octanol–water partition coefficient (Wildman–Crippen LogP) is 2.68.